The average Bonchev–Trinajstić information content (AvgIpc) is 3.02. The first-order chi connectivity index (χ1) is 9.70. The molecule has 0 aromatic carbocycles. The minimum Gasteiger partial charge on any atom is -0.307 e. The lowest BCUT2D eigenvalue weighted by atomic mass is 10.3. The first kappa shape index (κ1) is 12.9. The molecule has 3 aromatic heterocycles. The van der Waals surface area contributed by atoms with Gasteiger partial charge in [0.2, 0.25) is 0 Å². The first-order valence-electron chi connectivity index (χ1n) is 6.86. The van der Waals surface area contributed by atoms with E-state index in [0.717, 1.165) is 24.4 Å². The zero-order valence-electron chi connectivity index (χ0n) is 11.8. The summed E-state index contributed by atoms with van der Waals surface area (Å²) < 4.78 is 4.01. The van der Waals surface area contributed by atoms with E-state index < -0.39 is 0 Å². The second-order valence-corrected chi connectivity index (χ2v) is 5.22. The maximum absolute atomic E-state index is 4.57. The zero-order chi connectivity index (χ0) is 13.9. The Balaban J connectivity index is 1.58. The lowest BCUT2D eigenvalue weighted by molar-refractivity contribution is 0.449. The van der Waals surface area contributed by atoms with E-state index in [4.69, 9.17) is 0 Å². The van der Waals surface area contributed by atoms with Crippen molar-refractivity contribution in [1.29, 1.82) is 0 Å². The van der Waals surface area contributed by atoms with Crippen molar-refractivity contribution in [3.05, 3.63) is 54.2 Å². The normalized spacial score (nSPS) is 12.9. The Kier molecular flexibility index (Phi) is 3.52. The molecule has 0 aliphatic rings. The summed E-state index contributed by atoms with van der Waals surface area (Å²) in [7, 11) is 0. The second-order valence-electron chi connectivity index (χ2n) is 5.22. The molecule has 5 heteroatoms. The van der Waals surface area contributed by atoms with Crippen molar-refractivity contribution in [1.82, 2.24) is 24.5 Å². The molecule has 0 unspecified atom stereocenters. The van der Waals surface area contributed by atoms with E-state index in [1.807, 2.05) is 39.7 Å². The molecule has 3 aromatic rings. The van der Waals surface area contributed by atoms with Crippen LogP contribution in [0.15, 0.2) is 43.0 Å². The van der Waals surface area contributed by atoms with Gasteiger partial charge in [-0.3, -0.25) is 4.68 Å². The van der Waals surface area contributed by atoms with Gasteiger partial charge in [0.05, 0.1) is 18.4 Å². The maximum atomic E-state index is 4.57. The van der Waals surface area contributed by atoms with Gasteiger partial charge in [-0.05, 0) is 31.5 Å². The minimum atomic E-state index is 0.346. The van der Waals surface area contributed by atoms with E-state index in [-0.39, 0.29) is 0 Å². The van der Waals surface area contributed by atoms with E-state index in [2.05, 4.69) is 41.6 Å². The fraction of sp³-hybridized carbons (Fsp3) is 0.333. The van der Waals surface area contributed by atoms with E-state index in [1.54, 1.807) is 0 Å². The van der Waals surface area contributed by atoms with Crippen LogP contribution >= 0.6 is 0 Å². The summed E-state index contributed by atoms with van der Waals surface area (Å²) in [6.45, 7) is 5.84. The van der Waals surface area contributed by atoms with Gasteiger partial charge in [0.1, 0.15) is 5.65 Å². The molecule has 0 fully saturated rings. The molecule has 3 rings (SSSR count). The van der Waals surface area contributed by atoms with Crippen molar-refractivity contribution in [2.45, 2.75) is 33.0 Å². The highest BCUT2D eigenvalue weighted by Gasteiger charge is 2.06. The van der Waals surface area contributed by atoms with E-state index in [9.17, 15) is 0 Å². The lowest BCUT2D eigenvalue weighted by Crippen LogP contribution is -2.30. The van der Waals surface area contributed by atoms with Crippen LogP contribution in [0.2, 0.25) is 0 Å². The number of aromatic nitrogens is 4. The van der Waals surface area contributed by atoms with Gasteiger partial charge in [-0.1, -0.05) is 6.07 Å². The second kappa shape index (κ2) is 5.46. The van der Waals surface area contributed by atoms with Crippen molar-refractivity contribution in [2.24, 2.45) is 0 Å². The van der Waals surface area contributed by atoms with Crippen LogP contribution in [0.1, 0.15) is 18.2 Å². The van der Waals surface area contributed by atoms with Crippen molar-refractivity contribution >= 4 is 5.65 Å². The molecule has 0 amide bonds. The molecule has 3 heterocycles. The van der Waals surface area contributed by atoms with Gasteiger partial charge < -0.3 is 9.72 Å². The Hall–Kier alpha value is -2.14. The van der Waals surface area contributed by atoms with Crippen LogP contribution in [-0.2, 0) is 13.1 Å². The first-order valence-corrected chi connectivity index (χ1v) is 6.86. The monoisotopic (exact) mass is 269 g/mol. The third kappa shape index (κ3) is 2.88. The summed E-state index contributed by atoms with van der Waals surface area (Å²) >= 11 is 0. The Morgan fingerprint density at radius 1 is 1.30 bits per heavy atom. The fourth-order valence-electron chi connectivity index (χ4n) is 2.26. The van der Waals surface area contributed by atoms with Gasteiger partial charge in [-0.15, -0.1) is 0 Å². The number of imidazole rings is 1. The Morgan fingerprint density at radius 2 is 2.20 bits per heavy atom. The maximum Gasteiger partial charge on any atom is 0.137 e. The van der Waals surface area contributed by atoms with E-state index >= 15 is 0 Å². The third-order valence-electron chi connectivity index (χ3n) is 3.27. The van der Waals surface area contributed by atoms with Crippen molar-refractivity contribution in [3.8, 4) is 0 Å². The fourth-order valence-corrected chi connectivity index (χ4v) is 2.26. The number of hydrogen-bond acceptors (Lipinski definition) is 3. The molecular formula is C15H19N5. The van der Waals surface area contributed by atoms with Crippen LogP contribution < -0.4 is 5.32 Å². The number of aryl methyl sites for hydroxylation is 1. The molecular weight excluding hydrogens is 250 g/mol. The Bertz CT molecular complexity index is 664. The smallest absolute Gasteiger partial charge is 0.137 e. The molecule has 0 spiro atoms. The predicted octanol–water partition coefficient (Wildman–Crippen LogP) is 2.02. The van der Waals surface area contributed by atoms with Crippen LogP contribution in [0.5, 0.6) is 0 Å². The van der Waals surface area contributed by atoms with E-state index in [1.165, 1.54) is 5.56 Å². The van der Waals surface area contributed by atoms with Gasteiger partial charge in [-0.25, -0.2) is 4.98 Å². The molecule has 0 aliphatic carbocycles. The minimum absolute atomic E-state index is 0.346. The van der Waals surface area contributed by atoms with Gasteiger partial charge in [0, 0.05) is 31.2 Å². The Labute approximate surface area is 118 Å². The summed E-state index contributed by atoms with van der Waals surface area (Å²) in [6, 6.07) is 6.37. The van der Waals surface area contributed by atoms with Crippen LogP contribution in [-0.4, -0.2) is 25.2 Å². The van der Waals surface area contributed by atoms with Crippen LogP contribution in [0, 0.1) is 6.92 Å². The van der Waals surface area contributed by atoms with Crippen molar-refractivity contribution < 1.29 is 0 Å². The topological polar surface area (TPSA) is 47.2 Å². The predicted molar refractivity (Wildman–Crippen MR) is 78.5 cm³/mol. The van der Waals surface area contributed by atoms with E-state index in [0.29, 0.717) is 6.04 Å². The van der Waals surface area contributed by atoms with Crippen LogP contribution in [0.3, 0.4) is 0 Å². The standard InChI is InChI=1S/C15H19N5/c1-12-7-17-20(9-12)10-13(2)16-8-14-11-19-6-4-3-5-15(19)18-14/h3-7,9,11,13,16H,8,10H2,1-2H3/t13-/m1/s1. The van der Waals surface area contributed by atoms with Gasteiger partial charge in [-0.2, -0.15) is 5.10 Å². The van der Waals surface area contributed by atoms with Gasteiger partial charge in [0.15, 0.2) is 0 Å². The molecule has 0 aliphatic heterocycles. The molecule has 20 heavy (non-hydrogen) atoms. The molecule has 1 atom stereocenters. The Morgan fingerprint density at radius 3 is 2.95 bits per heavy atom. The largest absolute Gasteiger partial charge is 0.307 e. The van der Waals surface area contributed by atoms with Gasteiger partial charge >= 0.3 is 0 Å². The molecule has 0 radical (unpaired) electrons. The number of nitrogens with zero attached hydrogens (tertiary/aromatic N) is 4. The van der Waals surface area contributed by atoms with Crippen molar-refractivity contribution in [3.63, 3.8) is 0 Å². The summed E-state index contributed by atoms with van der Waals surface area (Å²) in [6.07, 6.45) is 8.02. The zero-order valence-corrected chi connectivity index (χ0v) is 11.8. The van der Waals surface area contributed by atoms with Crippen LogP contribution in [0.25, 0.3) is 5.65 Å². The average molecular weight is 269 g/mol. The van der Waals surface area contributed by atoms with Crippen molar-refractivity contribution in [2.75, 3.05) is 0 Å². The summed E-state index contributed by atoms with van der Waals surface area (Å²) in [5, 5.41) is 7.78. The number of nitrogens with one attached hydrogen (secondary N) is 1. The summed E-state index contributed by atoms with van der Waals surface area (Å²) in [5.41, 5.74) is 3.23. The highest BCUT2D eigenvalue weighted by molar-refractivity contribution is 5.39. The molecule has 0 saturated carbocycles. The number of fused-ring (bicyclic) bond motifs is 1. The summed E-state index contributed by atoms with van der Waals surface area (Å²) in [5.74, 6) is 0. The van der Waals surface area contributed by atoms with Gasteiger partial charge in [0.25, 0.3) is 0 Å². The van der Waals surface area contributed by atoms with Crippen LogP contribution in [0.4, 0.5) is 0 Å². The molecule has 1 N–H and O–H groups in total. The third-order valence-corrected chi connectivity index (χ3v) is 3.27. The lowest BCUT2D eigenvalue weighted by Gasteiger charge is -2.12. The highest BCUT2D eigenvalue weighted by atomic mass is 15.3. The molecule has 0 saturated heterocycles. The number of hydrogen-bond donors (Lipinski definition) is 1. The molecule has 0 bridgehead atoms. The number of pyridine rings is 1. The highest BCUT2D eigenvalue weighted by Crippen LogP contribution is 2.04. The SMILES string of the molecule is Cc1cnn(C[C@@H](C)NCc2cn3ccccc3n2)c1. The quantitative estimate of drug-likeness (QED) is 0.771. The molecule has 104 valence electrons. The molecule has 5 nitrogen and oxygen atoms in total. The number of rotatable bonds is 5. The summed E-state index contributed by atoms with van der Waals surface area (Å²) in [4.78, 5) is 4.57.